The molecular weight excluding hydrogens is 303 g/mol. The van der Waals surface area contributed by atoms with Gasteiger partial charge < -0.3 is 0 Å². The lowest BCUT2D eigenvalue weighted by atomic mass is 10.2. The highest BCUT2D eigenvalue weighted by atomic mass is 19.4. The largest absolute Gasteiger partial charge is 0.416 e. The summed E-state index contributed by atoms with van der Waals surface area (Å²) in [7, 11) is 1.79. The highest BCUT2D eigenvalue weighted by Gasteiger charge is 2.30. The fraction of sp³-hybridized carbons (Fsp3) is 0.118. The van der Waals surface area contributed by atoms with Gasteiger partial charge in [-0.15, -0.1) is 0 Å². The second kappa shape index (κ2) is 4.62. The van der Waals surface area contributed by atoms with Crippen molar-refractivity contribution in [3.05, 3.63) is 60.3 Å². The van der Waals surface area contributed by atoms with Crippen molar-refractivity contribution in [2.45, 2.75) is 6.18 Å². The fourth-order valence-electron chi connectivity index (χ4n) is 2.82. The number of fused-ring (bicyclic) bond motifs is 3. The second-order valence-electron chi connectivity index (χ2n) is 5.35. The van der Waals surface area contributed by atoms with E-state index in [9.17, 15) is 13.2 Å². The van der Waals surface area contributed by atoms with Crippen LogP contribution >= 0.6 is 0 Å². The van der Waals surface area contributed by atoms with Gasteiger partial charge in [0.2, 0.25) is 0 Å². The number of alkyl halides is 3. The highest BCUT2D eigenvalue weighted by molar-refractivity contribution is 6.07. The summed E-state index contributed by atoms with van der Waals surface area (Å²) in [4.78, 5) is 0. The van der Waals surface area contributed by atoms with Gasteiger partial charge in [0.1, 0.15) is 0 Å². The molecule has 0 unspecified atom stereocenters. The number of aromatic nitrogens is 3. The van der Waals surface area contributed by atoms with E-state index in [-0.39, 0.29) is 6.04 Å². The van der Waals surface area contributed by atoms with Crippen molar-refractivity contribution >= 4 is 21.9 Å². The summed E-state index contributed by atoms with van der Waals surface area (Å²) in [6.45, 7) is 0. The molecule has 0 bridgehead atoms. The SMILES string of the molecule is [2H]c1cc(C(F)(F)F)ccc1-n1c2ccccc2c2cn(C)nc21. The van der Waals surface area contributed by atoms with Crippen molar-refractivity contribution < 1.29 is 14.5 Å². The quantitative estimate of drug-likeness (QED) is 0.506. The molecule has 23 heavy (non-hydrogen) atoms. The molecule has 0 aliphatic carbocycles. The molecule has 0 aliphatic rings. The Morgan fingerprint density at radius 3 is 2.57 bits per heavy atom. The van der Waals surface area contributed by atoms with Gasteiger partial charge in [0.15, 0.2) is 5.65 Å². The first-order valence-corrected chi connectivity index (χ1v) is 6.97. The van der Waals surface area contributed by atoms with Crippen molar-refractivity contribution in [3.63, 3.8) is 0 Å². The Labute approximate surface area is 131 Å². The van der Waals surface area contributed by atoms with E-state index in [1.165, 1.54) is 6.07 Å². The van der Waals surface area contributed by atoms with Crippen LogP contribution < -0.4 is 0 Å². The van der Waals surface area contributed by atoms with E-state index in [0.717, 1.165) is 28.4 Å². The average Bonchev–Trinajstić information content (AvgIpc) is 3.02. The maximum absolute atomic E-state index is 12.8. The van der Waals surface area contributed by atoms with Gasteiger partial charge in [-0.3, -0.25) is 9.25 Å². The molecule has 4 rings (SSSR count). The summed E-state index contributed by atoms with van der Waals surface area (Å²) in [6.07, 6.45) is -2.60. The third-order valence-electron chi connectivity index (χ3n) is 3.82. The molecule has 0 atom stereocenters. The van der Waals surface area contributed by atoms with Crippen LogP contribution in [0.4, 0.5) is 13.2 Å². The monoisotopic (exact) mass is 316 g/mol. The van der Waals surface area contributed by atoms with Crippen LogP contribution in [-0.2, 0) is 13.2 Å². The molecule has 0 saturated heterocycles. The van der Waals surface area contributed by atoms with Crippen molar-refractivity contribution in [3.8, 4) is 5.69 Å². The van der Waals surface area contributed by atoms with Crippen LogP contribution in [0.1, 0.15) is 6.93 Å². The smallest absolute Gasteiger partial charge is 0.292 e. The Bertz CT molecular complexity index is 1080. The Kier molecular flexibility index (Phi) is 2.56. The van der Waals surface area contributed by atoms with Crippen LogP contribution in [0.5, 0.6) is 0 Å². The van der Waals surface area contributed by atoms with E-state index in [1.807, 2.05) is 30.5 Å². The van der Waals surface area contributed by atoms with Crippen LogP contribution in [0.3, 0.4) is 0 Å². The molecule has 0 spiro atoms. The van der Waals surface area contributed by atoms with Crippen molar-refractivity contribution in [2.24, 2.45) is 7.05 Å². The normalized spacial score (nSPS) is 13.0. The van der Waals surface area contributed by atoms with Crippen molar-refractivity contribution in [1.82, 2.24) is 14.3 Å². The maximum atomic E-state index is 12.8. The predicted molar refractivity (Wildman–Crippen MR) is 82.5 cm³/mol. The fourth-order valence-corrected chi connectivity index (χ4v) is 2.82. The molecule has 0 aliphatic heterocycles. The average molecular weight is 316 g/mol. The Morgan fingerprint density at radius 2 is 1.83 bits per heavy atom. The number of para-hydroxylation sites is 1. The van der Waals surface area contributed by atoms with Gasteiger partial charge in [-0.05, 0) is 30.3 Å². The standard InChI is InChI=1S/C17H12F3N3/c1-22-10-14-13-4-2-3-5-15(13)23(16(14)21-22)12-8-6-11(7-9-12)17(18,19)20/h2-10H,1H3/i8D. The summed E-state index contributed by atoms with van der Waals surface area (Å²) in [5.74, 6) is 0. The number of aryl methyl sites for hydroxylation is 1. The van der Waals surface area contributed by atoms with Gasteiger partial charge in [0.25, 0.3) is 0 Å². The lowest BCUT2D eigenvalue weighted by Gasteiger charge is -2.09. The van der Waals surface area contributed by atoms with E-state index in [4.69, 9.17) is 1.37 Å². The van der Waals surface area contributed by atoms with Crippen LogP contribution in [0, 0.1) is 0 Å². The van der Waals surface area contributed by atoms with Gasteiger partial charge in [0.05, 0.1) is 12.5 Å². The zero-order chi connectivity index (χ0) is 17.1. The number of benzene rings is 2. The molecule has 0 fully saturated rings. The van der Waals surface area contributed by atoms with E-state index < -0.39 is 11.7 Å². The summed E-state index contributed by atoms with van der Waals surface area (Å²) < 4.78 is 50.0. The first kappa shape index (κ1) is 12.8. The molecule has 4 aromatic rings. The number of nitrogens with zero attached hydrogens (tertiary/aromatic N) is 3. The summed E-state index contributed by atoms with van der Waals surface area (Å²) in [5.41, 5.74) is 0.966. The Balaban J connectivity index is 2.05. The van der Waals surface area contributed by atoms with Crippen LogP contribution in [0.2, 0.25) is 0 Å². The molecule has 2 aromatic carbocycles. The zero-order valence-electron chi connectivity index (χ0n) is 13.1. The Hall–Kier alpha value is -2.76. The van der Waals surface area contributed by atoms with E-state index in [2.05, 4.69) is 5.10 Å². The summed E-state index contributed by atoms with van der Waals surface area (Å²) >= 11 is 0. The van der Waals surface area contributed by atoms with E-state index >= 15 is 0 Å². The molecule has 0 saturated carbocycles. The summed E-state index contributed by atoms with van der Waals surface area (Å²) in [6, 6.07) is 10.5. The molecule has 6 heteroatoms. The van der Waals surface area contributed by atoms with Gasteiger partial charge in [-0.1, -0.05) is 18.2 Å². The van der Waals surface area contributed by atoms with Crippen LogP contribution in [0.25, 0.3) is 27.6 Å². The van der Waals surface area contributed by atoms with Crippen molar-refractivity contribution in [2.75, 3.05) is 0 Å². The van der Waals surface area contributed by atoms with Gasteiger partial charge in [0, 0.05) is 29.7 Å². The van der Waals surface area contributed by atoms with Gasteiger partial charge in [-0.25, -0.2) is 0 Å². The topological polar surface area (TPSA) is 22.8 Å². The molecule has 0 N–H and O–H groups in total. The minimum atomic E-state index is -4.46. The molecule has 0 radical (unpaired) electrons. The number of hydrogen-bond donors (Lipinski definition) is 0. The second-order valence-corrected chi connectivity index (χ2v) is 5.35. The first-order valence-electron chi connectivity index (χ1n) is 7.47. The van der Waals surface area contributed by atoms with E-state index in [0.29, 0.717) is 11.3 Å². The maximum Gasteiger partial charge on any atom is 0.416 e. The molecule has 3 nitrogen and oxygen atoms in total. The minimum Gasteiger partial charge on any atom is -0.292 e. The summed E-state index contributed by atoms with van der Waals surface area (Å²) in [5, 5.41) is 6.25. The molecule has 2 aromatic heterocycles. The molecule has 116 valence electrons. The molecular formula is C17H12F3N3. The first-order chi connectivity index (χ1) is 11.4. The number of hydrogen-bond acceptors (Lipinski definition) is 1. The molecule has 2 heterocycles. The van der Waals surface area contributed by atoms with E-state index in [1.54, 1.807) is 16.3 Å². The zero-order valence-corrected chi connectivity index (χ0v) is 12.1. The van der Waals surface area contributed by atoms with Gasteiger partial charge in [-0.2, -0.15) is 18.3 Å². The highest BCUT2D eigenvalue weighted by Crippen LogP contribution is 2.33. The van der Waals surface area contributed by atoms with Crippen LogP contribution in [-0.4, -0.2) is 14.3 Å². The van der Waals surface area contributed by atoms with Crippen molar-refractivity contribution in [1.29, 1.82) is 0 Å². The third-order valence-corrected chi connectivity index (χ3v) is 3.82. The molecule has 0 amide bonds. The lowest BCUT2D eigenvalue weighted by molar-refractivity contribution is -0.137. The third kappa shape index (κ3) is 2.10. The minimum absolute atomic E-state index is 0.196. The van der Waals surface area contributed by atoms with Crippen LogP contribution in [0.15, 0.2) is 54.7 Å². The number of rotatable bonds is 1. The predicted octanol–water partition coefficient (Wildman–Crippen LogP) is 4.54. The van der Waals surface area contributed by atoms with Gasteiger partial charge >= 0.3 is 6.18 Å². The lowest BCUT2D eigenvalue weighted by Crippen LogP contribution is -2.05. The number of halogens is 3. The Morgan fingerprint density at radius 1 is 1.04 bits per heavy atom.